The van der Waals surface area contributed by atoms with Crippen LogP contribution in [-0.2, 0) is 17.8 Å². The highest BCUT2D eigenvalue weighted by molar-refractivity contribution is 5.91. The second-order valence-electron chi connectivity index (χ2n) is 7.30. The number of nitrogens with zero attached hydrogens (tertiary/aromatic N) is 3. The molecule has 140 valence electrons. The van der Waals surface area contributed by atoms with Crippen LogP contribution < -0.4 is 10.6 Å². The maximum atomic E-state index is 13.0. The molecule has 0 radical (unpaired) electrons. The molecule has 0 bridgehead atoms. The minimum Gasteiger partial charge on any atom is -0.371 e. The molecule has 3 heterocycles. The number of rotatable bonds is 3. The molecule has 6 heteroatoms. The number of fused-ring (bicyclic) bond motifs is 1. The van der Waals surface area contributed by atoms with Gasteiger partial charge in [0.1, 0.15) is 5.69 Å². The van der Waals surface area contributed by atoms with E-state index in [1.54, 1.807) is 12.3 Å². The number of benzene rings is 1. The van der Waals surface area contributed by atoms with Gasteiger partial charge >= 0.3 is 0 Å². The molecule has 0 aliphatic carbocycles. The van der Waals surface area contributed by atoms with E-state index in [1.165, 1.54) is 11.1 Å². The monoisotopic (exact) mass is 364 g/mol. The number of primary amides is 1. The molecule has 2 aromatic rings. The summed E-state index contributed by atoms with van der Waals surface area (Å²) in [6.07, 6.45) is 4.20. The molecule has 0 saturated carbocycles. The van der Waals surface area contributed by atoms with Gasteiger partial charge in [0, 0.05) is 44.0 Å². The number of pyridine rings is 1. The van der Waals surface area contributed by atoms with Crippen LogP contribution in [0.1, 0.15) is 34.5 Å². The third-order valence-electron chi connectivity index (χ3n) is 5.65. The molecule has 1 fully saturated rings. The van der Waals surface area contributed by atoms with Gasteiger partial charge in [0.25, 0.3) is 5.91 Å². The molecule has 2 N–H and O–H groups in total. The zero-order valence-electron chi connectivity index (χ0n) is 15.3. The van der Waals surface area contributed by atoms with Crippen LogP contribution in [0.4, 0.5) is 5.69 Å². The Kier molecular flexibility index (Phi) is 4.79. The van der Waals surface area contributed by atoms with Crippen molar-refractivity contribution in [2.24, 2.45) is 11.7 Å². The molecular weight excluding hydrogens is 340 g/mol. The van der Waals surface area contributed by atoms with E-state index in [1.807, 2.05) is 17.0 Å². The number of anilines is 1. The minimum absolute atomic E-state index is 0.0731. The lowest BCUT2D eigenvalue weighted by atomic mass is 9.93. The van der Waals surface area contributed by atoms with E-state index in [2.05, 4.69) is 28.1 Å². The summed E-state index contributed by atoms with van der Waals surface area (Å²) >= 11 is 0. The van der Waals surface area contributed by atoms with E-state index in [4.69, 9.17) is 5.73 Å². The minimum atomic E-state index is -0.521. The van der Waals surface area contributed by atoms with Crippen molar-refractivity contribution in [3.8, 4) is 0 Å². The van der Waals surface area contributed by atoms with Gasteiger partial charge in [-0.1, -0.05) is 24.3 Å². The summed E-state index contributed by atoms with van der Waals surface area (Å²) in [5.74, 6) is -0.173. The van der Waals surface area contributed by atoms with E-state index in [9.17, 15) is 9.59 Å². The first kappa shape index (κ1) is 17.5. The van der Waals surface area contributed by atoms with Gasteiger partial charge in [0.2, 0.25) is 5.91 Å². The first-order chi connectivity index (χ1) is 13.1. The van der Waals surface area contributed by atoms with Gasteiger partial charge in [-0.05, 0) is 42.5 Å². The summed E-state index contributed by atoms with van der Waals surface area (Å²) < 4.78 is 0. The second-order valence-corrected chi connectivity index (χ2v) is 7.30. The van der Waals surface area contributed by atoms with Crippen LogP contribution in [-0.4, -0.2) is 41.3 Å². The first-order valence-corrected chi connectivity index (χ1v) is 9.48. The van der Waals surface area contributed by atoms with Crippen molar-refractivity contribution in [3.05, 3.63) is 59.4 Å². The molecule has 2 amide bonds. The molecule has 27 heavy (non-hydrogen) atoms. The van der Waals surface area contributed by atoms with E-state index in [0.717, 1.165) is 51.1 Å². The topological polar surface area (TPSA) is 79.5 Å². The number of hydrogen-bond donors (Lipinski definition) is 1. The van der Waals surface area contributed by atoms with Gasteiger partial charge in [-0.3, -0.25) is 14.6 Å². The molecule has 0 spiro atoms. The Bertz CT molecular complexity index is 859. The highest BCUT2D eigenvalue weighted by Crippen LogP contribution is 2.27. The van der Waals surface area contributed by atoms with Gasteiger partial charge in [0.15, 0.2) is 0 Å². The molecule has 1 aromatic heterocycles. The Labute approximate surface area is 159 Å². The zero-order chi connectivity index (χ0) is 18.8. The van der Waals surface area contributed by atoms with E-state index in [0.29, 0.717) is 0 Å². The molecule has 4 rings (SSSR count). The molecule has 6 nitrogen and oxygen atoms in total. The number of carbonyl (C=O) groups excluding carboxylic acids is 2. The fraction of sp³-hybridized carbons (Fsp3) is 0.381. The number of nitrogens with two attached hydrogens (primary N) is 1. The van der Waals surface area contributed by atoms with E-state index < -0.39 is 5.91 Å². The van der Waals surface area contributed by atoms with Crippen molar-refractivity contribution in [1.29, 1.82) is 0 Å². The van der Waals surface area contributed by atoms with Gasteiger partial charge in [-0.2, -0.15) is 0 Å². The third-order valence-corrected chi connectivity index (χ3v) is 5.65. The van der Waals surface area contributed by atoms with Gasteiger partial charge in [-0.15, -0.1) is 0 Å². The highest BCUT2D eigenvalue weighted by Gasteiger charge is 2.30. The van der Waals surface area contributed by atoms with Crippen molar-refractivity contribution in [2.45, 2.75) is 25.8 Å². The number of hydrogen-bond acceptors (Lipinski definition) is 4. The zero-order valence-corrected chi connectivity index (χ0v) is 15.3. The molecule has 2 aliphatic heterocycles. The lowest BCUT2D eigenvalue weighted by Crippen LogP contribution is -2.44. The Morgan fingerprint density at radius 3 is 2.52 bits per heavy atom. The summed E-state index contributed by atoms with van der Waals surface area (Å²) in [6.45, 7) is 3.12. The summed E-state index contributed by atoms with van der Waals surface area (Å²) in [5.41, 5.74) is 9.17. The lowest BCUT2D eigenvalue weighted by molar-refractivity contribution is -0.137. The van der Waals surface area contributed by atoms with Gasteiger partial charge in [-0.25, -0.2) is 0 Å². The summed E-state index contributed by atoms with van der Waals surface area (Å²) in [7, 11) is 0. The maximum Gasteiger partial charge on any atom is 0.267 e. The van der Waals surface area contributed by atoms with Gasteiger partial charge < -0.3 is 15.5 Å². The number of aromatic nitrogens is 1. The Morgan fingerprint density at radius 2 is 1.78 bits per heavy atom. The van der Waals surface area contributed by atoms with Crippen LogP contribution in [0.2, 0.25) is 0 Å². The average molecular weight is 364 g/mol. The van der Waals surface area contributed by atoms with Crippen LogP contribution >= 0.6 is 0 Å². The molecule has 2 aliphatic rings. The molecule has 0 atom stereocenters. The van der Waals surface area contributed by atoms with Gasteiger partial charge in [0.05, 0.1) is 0 Å². The Hall–Kier alpha value is -2.89. The summed E-state index contributed by atoms with van der Waals surface area (Å²) in [6, 6.07) is 12.0. The predicted molar refractivity (Wildman–Crippen MR) is 103 cm³/mol. The van der Waals surface area contributed by atoms with Crippen LogP contribution in [0.25, 0.3) is 0 Å². The smallest absolute Gasteiger partial charge is 0.267 e. The largest absolute Gasteiger partial charge is 0.371 e. The van der Waals surface area contributed by atoms with Crippen molar-refractivity contribution < 1.29 is 9.59 Å². The van der Waals surface area contributed by atoms with Crippen LogP contribution in [0.5, 0.6) is 0 Å². The van der Waals surface area contributed by atoms with Crippen LogP contribution in [0.15, 0.2) is 42.6 Å². The van der Waals surface area contributed by atoms with Crippen molar-refractivity contribution in [2.75, 3.05) is 24.5 Å². The number of carbonyl (C=O) groups is 2. The standard InChI is InChI=1S/C21H24N4O2/c22-20(26)19-13-18(5-9-23-19)24-10-7-16(8-11-24)21(27)25-12-6-15-3-1-2-4-17(15)14-25/h1-5,9,13,16H,6-8,10-12,14H2,(H2,22,26). The molecule has 0 unspecified atom stereocenters. The van der Waals surface area contributed by atoms with Crippen molar-refractivity contribution in [1.82, 2.24) is 9.88 Å². The van der Waals surface area contributed by atoms with Crippen LogP contribution in [0, 0.1) is 5.92 Å². The summed E-state index contributed by atoms with van der Waals surface area (Å²) in [5, 5.41) is 0. The van der Waals surface area contributed by atoms with Crippen molar-refractivity contribution >= 4 is 17.5 Å². The van der Waals surface area contributed by atoms with E-state index in [-0.39, 0.29) is 17.5 Å². The molecule has 1 saturated heterocycles. The fourth-order valence-corrected chi connectivity index (χ4v) is 4.08. The summed E-state index contributed by atoms with van der Waals surface area (Å²) in [4.78, 5) is 32.5. The molecule has 1 aromatic carbocycles. The fourth-order valence-electron chi connectivity index (χ4n) is 4.08. The second kappa shape index (κ2) is 7.39. The number of piperidine rings is 1. The predicted octanol–water partition coefficient (Wildman–Crippen LogP) is 1.98. The van der Waals surface area contributed by atoms with Crippen molar-refractivity contribution in [3.63, 3.8) is 0 Å². The lowest BCUT2D eigenvalue weighted by Gasteiger charge is -2.37. The normalized spacial score (nSPS) is 17.5. The maximum absolute atomic E-state index is 13.0. The molecular formula is C21H24N4O2. The van der Waals surface area contributed by atoms with E-state index >= 15 is 0 Å². The van der Waals surface area contributed by atoms with Crippen LogP contribution in [0.3, 0.4) is 0 Å². The number of amides is 2. The SMILES string of the molecule is NC(=O)c1cc(N2CCC(C(=O)N3CCc4ccccc4C3)CC2)ccn1. The quantitative estimate of drug-likeness (QED) is 0.903. The Morgan fingerprint density at radius 1 is 1.04 bits per heavy atom. The third kappa shape index (κ3) is 3.65. The average Bonchev–Trinajstić information content (AvgIpc) is 2.73. The Balaban J connectivity index is 1.37. The first-order valence-electron chi connectivity index (χ1n) is 9.48. The highest BCUT2D eigenvalue weighted by atomic mass is 16.2.